The summed E-state index contributed by atoms with van der Waals surface area (Å²) in [5.41, 5.74) is 0.153. The number of rotatable bonds is 3. The number of benzene rings is 2. The van der Waals surface area contributed by atoms with Crippen molar-refractivity contribution >= 4 is 44.5 Å². The molecule has 0 bridgehead atoms. The number of likely N-dealkylation sites (tertiary alicyclic amines) is 1. The normalized spacial score (nSPS) is 18.8. The third-order valence-electron chi connectivity index (χ3n) is 6.25. The summed E-state index contributed by atoms with van der Waals surface area (Å²) in [7, 11) is 0. The number of amides is 2. The van der Waals surface area contributed by atoms with Crippen LogP contribution in [0.1, 0.15) is 44.0 Å². The van der Waals surface area contributed by atoms with Crippen molar-refractivity contribution < 1.29 is 14.7 Å². The van der Waals surface area contributed by atoms with Gasteiger partial charge in [0.15, 0.2) is 0 Å². The average Bonchev–Trinajstić information content (AvgIpc) is 2.79. The molecule has 1 fully saturated rings. The van der Waals surface area contributed by atoms with Crippen LogP contribution in [0.15, 0.2) is 65.3 Å². The molecule has 2 heterocycles. The van der Waals surface area contributed by atoms with E-state index in [1.54, 1.807) is 23.2 Å². The Morgan fingerprint density at radius 1 is 1.09 bits per heavy atom. The van der Waals surface area contributed by atoms with Crippen molar-refractivity contribution in [1.29, 1.82) is 0 Å². The Hall–Kier alpha value is -2.93. The summed E-state index contributed by atoms with van der Waals surface area (Å²) in [6.45, 7) is 6.55. The first-order chi connectivity index (χ1) is 15.7. The highest BCUT2D eigenvalue weighted by Gasteiger charge is 2.46. The average molecular weight is 510 g/mol. The van der Waals surface area contributed by atoms with Crippen molar-refractivity contribution in [1.82, 2.24) is 9.88 Å². The predicted molar refractivity (Wildman–Crippen MR) is 134 cm³/mol. The first-order valence-corrected chi connectivity index (χ1v) is 11.9. The van der Waals surface area contributed by atoms with Crippen molar-refractivity contribution in [3.05, 3.63) is 70.8 Å². The number of carbonyl (C=O) groups is 2. The number of carbonyl (C=O) groups excluding carboxylic acids is 1. The lowest BCUT2D eigenvalue weighted by atomic mass is 9.77. The summed E-state index contributed by atoms with van der Waals surface area (Å²) in [6.07, 6.45) is 2.13. The van der Waals surface area contributed by atoms with Gasteiger partial charge >= 0.3 is 6.09 Å². The van der Waals surface area contributed by atoms with E-state index < -0.39 is 6.09 Å². The number of fused-ring (bicyclic) bond motifs is 1. The number of piperidine rings is 1. The summed E-state index contributed by atoms with van der Waals surface area (Å²) in [5, 5.41) is 11.8. The molecule has 1 aliphatic heterocycles. The lowest BCUT2D eigenvalue weighted by Gasteiger charge is -2.50. The molecule has 0 radical (unpaired) electrons. The van der Waals surface area contributed by atoms with E-state index in [1.807, 2.05) is 63.2 Å². The molecule has 33 heavy (non-hydrogen) atoms. The number of aromatic nitrogens is 1. The van der Waals surface area contributed by atoms with Gasteiger partial charge in [0.2, 0.25) is 0 Å². The van der Waals surface area contributed by atoms with Crippen molar-refractivity contribution in [3.63, 3.8) is 0 Å². The number of hydrogen-bond donors (Lipinski definition) is 1. The van der Waals surface area contributed by atoms with Crippen LogP contribution in [0.2, 0.25) is 0 Å². The van der Waals surface area contributed by atoms with Crippen LogP contribution in [0, 0.1) is 5.41 Å². The molecule has 3 aromatic rings. The van der Waals surface area contributed by atoms with Crippen molar-refractivity contribution in [3.8, 4) is 0 Å². The zero-order valence-electron chi connectivity index (χ0n) is 19.0. The van der Waals surface area contributed by atoms with Gasteiger partial charge < -0.3 is 10.0 Å². The number of nitrogens with zero attached hydrogens (tertiary/aromatic N) is 3. The molecule has 172 valence electrons. The molecule has 0 spiro atoms. The second-order valence-corrected chi connectivity index (χ2v) is 10.4. The standard InChI is InChI=1S/C26H28BrN3O3/c1-26(2,3)22-21(9-6-16-29(22)25(32)33)30(24(31)18-10-12-19(27)13-11-18)23-20-8-5-4-7-17(20)14-15-28-23/h4-5,7-8,10-15,21-22H,6,9,16H2,1-3H3,(H,32,33)/t21-,22?/m1/s1. The monoisotopic (exact) mass is 509 g/mol. The van der Waals surface area contributed by atoms with Crippen LogP contribution in [0.3, 0.4) is 0 Å². The van der Waals surface area contributed by atoms with E-state index in [9.17, 15) is 14.7 Å². The lowest BCUT2D eigenvalue weighted by molar-refractivity contribution is 0.0432. The second kappa shape index (κ2) is 9.14. The third kappa shape index (κ3) is 4.60. The zero-order valence-corrected chi connectivity index (χ0v) is 20.6. The van der Waals surface area contributed by atoms with Crippen LogP contribution in [-0.2, 0) is 0 Å². The Morgan fingerprint density at radius 3 is 2.45 bits per heavy atom. The molecule has 2 amide bonds. The Kier molecular flexibility index (Phi) is 6.43. The van der Waals surface area contributed by atoms with Gasteiger partial charge in [-0.25, -0.2) is 9.78 Å². The van der Waals surface area contributed by atoms with Crippen molar-refractivity contribution in [2.75, 3.05) is 11.4 Å². The molecule has 0 saturated carbocycles. The third-order valence-corrected chi connectivity index (χ3v) is 6.78. The number of hydrogen-bond acceptors (Lipinski definition) is 3. The highest BCUT2D eigenvalue weighted by molar-refractivity contribution is 9.10. The van der Waals surface area contributed by atoms with E-state index >= 15 is 0 Å². The fourth-order valence-corrected chi connectivity index (χ4v) is 5.20. The fraction of sp³-hybridized carbons (Fsp3) is 0.346. The molecular weight excluding hydrogens is 482 g/mol. The van der Waals surface area contributed by atoms with E-state index in [0.717, 1.165) is 15.2 Å². The smallest absolute Gasteiger partial charge is 0.407 e. The van der Waals surface area contributed by atoms with Crippen LogP contribution in [0.5, 0.6) is 0 Å². The molecule has 7 heteroatoms. The van der Waals surface area contributed by atoms with Gasteiger partial charge in [0.05, 0.1) is 12.1 Å². The number of anilines is 1. The van der Waals surface area contributed by atoms with Crippen LogP contribution in [0.25, 0.3) is 10.8 Å². The largest absolute Gasteiger partial charge is 0.465 e. The Morgan fingerprint density at radius 2 is 1.79 bits per heavy atom. The number of pyridine rings is 1. The Bertz CT molecular complexity index is 1170. The van der Waals surface area contributed by atoms with E-state index in [1.165, 1.54) is 4.90 Å². The highest BCUT2D eigenvalue weighted by Crippen LogP contribution is 2.38. The molecule has 2 aromatic carbocycles. The summed E-state index contributed by atoms with van der Waals surface area (Å²) < 4.78 is 0.885. The molecule has 4 rings (SSSR count). The van der Waals surface area contributed by atoms with Gasteiger partial charge in [-0.1, -0.05) is 61.0 Å². The predicted octanol–water partition coefficient (Wildman–Crippen LogP) is 6.20. The van der Waals surface area contributed by atoms with E-state index in [-0.39, 0.29) is 23.4 Å². The Balaban J connectivity index is 1.92. The van der Waals surface area contributed by atoms with Crippen molar-refractivity contribution in [2.45, 2.75) is 45.7 Å². The van der Waals surface area contributed by atoms with Crippen LogP contribution < -0.4 is 4.90 Å². The Labute approximate surface area is 202 Å². The van der Waals surface area contributed by atoms with E-state index in [0.29, 0.717) is 30.8 Å². The maximum absolute atomic E-state index is 14.1. The van der Waals surface area contributed by atoms with E-state index in [4.69, 9.17) is 0 Å². The summed E-state index contributed by atoms with van der Waals surface area (Å²) in [4.78, 5) is 34.2. The SMILES string of the molecule is CC(C)(C)C1[C@H](N(C(=O)c2ccc(Br)cc2)c2nccc3ccccc23)CCCN1C(=O)O. The van der Waals surface area contributed by atoms with Gasteiger partial charge in [-0.2, -0.15) is 0 Å². The molecule has 1 aromatic heterocycles. The molecule has 1 unspecified atom stereocenters. The zero-order chi connectivity index (χ0) is 23.8. The van der Waals surface area contributed by atoms with Gasteiger partial charge in [0.1, 0.15) is 5.82 Å². The minimum Gasteiger partial charge on any atom is -0.465 e. The van der Waals surface area contributed by atoms with Gasteiger partial charge in [0, 0.05) is 28.2 Å². The second-order valence-electron chi connectivity index (χ2n) is 9.53. The van der Waals surface area contributed by atoms with Crippen LogP contribution >= 0.6 is 15.9 Å². The molecule has 1 aliphatic rings. The van der Waals surface area contributed by atoms with Crippen LogP contribution in [0.4, 0.5) is 10.6 Å². The molecule has 6 nitrogen and oxygen atoms in total. The molecule has 0 aliphatic carbocycles. The molecule has 1 N–H and O–H groups in total. The van der Waals surface area contributed by atoms with Gasteiger partial charge in [0.25, 0.3) is 5.91 Å². The first-order valence-electron chi connectivity index (χ1n) is 11.1. The summed E-state index contributed by atoms with van der Waals surface area (Å²) in [5.74, 6) is 0.380. The maximum Gasteiger partial charge on any atom is 0.407 e. The minimum absolute atomic E-state index is 0.183. The van der Waals surface area contributed by atoms with E-state index in [2.05, 4.69) is 20.9 Å². The topological polar surface area (TPSA) is 73.7 Å². The van der Waals surface area contributed by atoms with Gasteiger partial charge in [-0.05, 0) is 54.0 Å². The minimum atomic E-state index is -0.957. The lowest BCUT2D eigenvalue weighted by Crippen LogP contribution is -2.63. The summed E-state index contributed by atoms with van der Waals surface area (Å²) >= 11 is 3.44. The fourth-order valence-electron chi connectivity index (χ4n) is 4.94. The van der Waals surface area contributed by atoms with Gasteiger partial charge in [-0.3, -0.25) is 9.69 Å². The first kappa shape index (κ1) is 23.2. The maximum atomic E-state index is 14.1. The quantitative estimate of drug-likeness (QED) is 0.455. The molecule has 2 atom stereocenters. The molecule has 1 saturated heterocycles. The van der Waals surface area contributed by atoms with Crippen molar-refractivity contribution in [2.24, 2.45) is 5.41 Å². The number of halogens is 1. The molecular formula is C26H28BrN3O3. The highest BCUT2D eigenvalue weighted by atomic mass is 79.9. The summed E-state index contributed by atoms with van der Waals surface area (Å²) in [6, 6.07) is 16.3. The van der Waals surface area contributed by atoms with Crippen LogP contribution in [-0.4, -0.2) is 45.6 Å². The van der Waals surface area contributed by atoms with Gasteiger partial charge in [-0.15, -0.1) is 0 Å². The number of carboxylic acid groups (broad SMARTS) is 1.